The van der Waals surface area contributed by atoms with Gasteiger partial charge in [0.05, 0.1) is 5.60 Å². The first-order valence-electron chi connectivity index (χ1n) is 3.54. The molecule has 0 aromatic heterocycles. The molecule has 0 aromatic rings. The van der Waals surface area contributed by atoms with Crippen molar-refractivity contribution in [2.75, 3.05) is 0 Å². The van der Waals surface area contributed by atoms with Crippen molar-refractivity contribution in [2.24, 2.45) is 0 Å². The SMILES string of the molecule is CC1(O)CCC([NH])CC1. The van der Waals surface area contributed by atoms with Crippen LogP contribution in [0.3, 0.4) is 0 Å². The van der Waals surface area contributed by atoms with Gasteiger partial charge in [-0.15, -0.1) is 0 Å². The maximum absolute atomic E-state index is 9.41. The van der Waals surface area contributed by atoms with Crippen molar-refractivity contribution in [1.82, 2.24) is 5.73 Å². The molecule has 1 fully saturated rings. The Morgan fingerprint density at radius 1 is 1.44 bits per heavy atom. The van der Waals surface area contributed by atoms with Gasteiger partial charge in [-0.05, 0) is 32.6 Å². The molecule has 1 aliphatic rings. The van der Waals surface area contributed by atoms with Crippen molar-refractivity contribution in [1.29, 1.82) is 0 Å². The van der Waals surface area contributed by atoms with Crippen LogP contribution in [0, 0.1) is 0 Å². The quantitative estimate of drug-likeness (QED) is 0.519. The fourth-order valence-corrected chi connectivity index (χ4v) is 1.24. The number of hydrogen-bond acceptors (Lipinski definition) is 1. The molecule has 1 aliphatic carbocycles. The van der Waals surface area contributed by atoms with E-state index in [9.17, 15) is 5.11 Å². The average Bonchev–Trinajstić information content (AvgIpc) is 1.78. The molecule has 2 N–H and O–H groups in total. The monoisotopic (exact) mass is 128 g/mol. The fourth-order valence-electron chi connectivity index (χ4n) is 1.24. The van der Waals surface area contributed by atoms with Crippen LogP contribution in [0.1, 0.15) is 32.6 Å². The Kier molecular flexibility index (Phi) is 1.78. The molecular formula is C7H14NO. The van der Waals surface area contributed by atoms with E-state index in [0.29, 0.717) is 0 Å². The normalized spacial score (nSPS) is 45.0. The Morgan fingerprint density at radius 3 is 2.22 bits per heavy atom. The molecule has 0 unspecified atom stereocenters. The zero-order valence-electron chi connectivity index (χ0n) is 5.85. The molecule has 0 aromatic carbocycles. The Balaban J connectivity index is 2.35. The lowest BCUT2D eigenvalue weighted by Crippen LogP contribution is -2.32. The van der Waals surface area contributed by atoms with Crippen LogP contribution in [-0.4, -0.2) is 16.7 Å². The maximum atomic E-state index is 9.41. The van der Waals surface area contributed by atoms with Gasteiger partial charge < -0.3 is 5.11 Å². The molecular weight excluding hydrogens is 114 g/mol. The van der Waals surface area contributed by atoms with Crippen LogP contribution in [0.4, 0.5) is 0 Å². The minimum absolute atomic E-state index is 0.0882. The molecule has 1 radical (unpaired) electrons. The molecule has 0 spiro atoms. The Bertz CT molecular complexity index is 91.1. The van der Waals surface area contributed by atoms with E-state index in [1.165, 1.54) is 0 Å². The van der Waals surface area contributed by atoms with Crippen LogP contribution >= 0.6 is 0 Å². The summed E-state index contributed by atoms with van der Waals surface area (Å²) in [5.41, 5.74) is 6.88. The van der Waals surface area contributed by atoms with Crippen molar-refractivity contribution < 1.29 is 5.11 Å². The summed E-state index contributed by atoms with van der Waals surface area (Å²) in [5.74, 6) is 0. The molecule has 2 heteroatoms. The Labute approximate surface area is 56.1 Å². The lowest BCUT2D eigenvalue weighted by Gasteiger charge is -2.30. The summed E-state index contributed by atoms with van der Waals surface area (Å²) in [5, 5.41) is 9.41. The second kappa shape index (κ2) is 2.27. The van der Waals surface area contributed by atoms with Gasteiger partial charge in [0.15, 0.2) is 0 Å². The highest BCUT2D eigenvalue weighted by Crippen LogP contribution is 2.26. The molecule has 0 atom stereocenters. The lowest BCUT2D eigenvalue weighted by molar-refractivity contribution is 0.0172. The van der Waals surface area contributed by atoms with Crippen molar-refractivity contribution in [3.63, 3.8) is 0 Å². The summed E-state index contributed by atoms with van der Waals surface area (Å²) in [6.45, 7) is 1.86. The van der Waals surface area contributed by atoms with Gasteiger partial charge >= 0.3 is 0 Å². The number of rotatable bonds is 0. The minimum atomic E-state index is -0.461. The Hall–Kier alpha value is -0.0800. The van der Waals surface area contributed by atoms with E-state index < -0.39 is 5.60 Å². The van der Waals surface area contributed by atoms with E-state index in [4.69, 9.17) is 5.73 Å². The van der Waals surface area contributed by atoms with Crippen LogP contribution in [0.2, 0.25) is 0 Å². The van der Waals surface area contributed by atoms with Crippen molar-refractivity contribution in [3.8, 4) is 0 Å². The molecule has 1 saturated carbocycles. The van der Waals surface area contributed by atoms with Crippen LogP contribution < -0.4 is 5.73 Å². The standard InChI is InChI=1S/C7H14NO/c1-7(9)4-2-6(8)3-5-7/h6,8-9H,2-5H2,1H3. The summed E-state index contributed by atoms with van der Waals surface area (Å²) < 4.78 is 0. The molecule has 2 nitrogen and oxygen atoms in total. The number of nitrogens with one attached hydrogen (secondary N) is 1. The van der Waals surface area contributed by atoms with Crippen molar-refractivity contribution in [3.05, 3.63) is 0 Å². The van der Waals surface area contributed by atoms with E-state index >= 15 is 0 Å². The van der Waals surface area contributed by atoms with Gasteiger partial charge in [-0.2, -0.15) is 0 Å². The summed E-state index contributed by atoms with van der Waals surface area (Å²) in [6.07, 6.45) is 3.35. The third kappa shape index (κ3) is 1.95. The summed E-state index contributed by atoms with van der Waals surface area (Å²) in [6, 6.07) is 0.0882. The highest BCUT2D eigenvalue weighted by molar-refractivity contribution is 4.82. The predicted octanol–water partition coefficient (Wildman–Crippen LogP) is 0.963. The second-order valence-electron chi connectivity index (χ2n) is 3.27. The smallest absolute Gasteiger partial charge is 0.0621 e. The van der Waals surface area contributed by atoms with Crippen LogP contribution in [0.15, 0.2) is 0 Å². The van der Waals surface area contributed by atoms with E-state index in [1.54, 1.807) is 0 Å². The highest BCUT2D eigenvalue weighted by atomic mass is 16.3. The Morgan fingerprint density at radius 2 is 1.89 bits per heavy atom. The van der Waals surface area contributed by atoms with Gasteiger partial charge in [0.1, 0.15) is 0 Å². The lowest BCUT2D eigenvalue weighted by atomic mass is 9.84. The van der Waals surface area contributed by atoms with E-state index in [-0.39, 0.29) is 6.04 Å². The first kappa shape index (κ1) is 7.03. The van der Waals surface area contributed by atoms with Crippen molar-refractivity contribution in [2.45, 2.75) is 44.2 Å². The molecule has 0 bridgehead atoms. The van der Waals surface area contributed by atoms with Gasteiger partial charge in [0, 0.05) is 6.04 Å². The summed E-state index contributed by atoms with van der Waals surface area (Å²) in [4.78, 5) is 0. The molecule has 0 saturated heterocycles. The molecule has 0 aliphatic heterocycles. The van der Waals surface area contributed by atoms with Crippen LogP contribution in [0.5, 0.6) is 0 Å². The van der Waals surface area contributed by atoms with E-state index in [2.05, 4.69) is 0 Å². The second-order valence-corrected chi connectivity index (χ2v) is 3.27. The van der Waals surface area contributed by atoms with Crippen LogP contribution in [0.25, 0.3) is 0 Å². The van der Waals surface area contributed by atoms with Crippen LogP contribution in [-0.2, 0) is 0 Å². The number of hydrogen-bond donors (Lipinski definition) is 1. The summed E-state index contributed by atoms with van der Waals surface area (Å²) in [7, 11) is 0. The molecule has 1 rings (SSSR count). The molecule has 9 heavy (non-hydrogen) atoms. The fraction of sp³-hybridized carbons (Fsp3) is 1.00. The topological polar surface area (TPSA) is 44.0 Å². The van der Waals surface area contributed by atoms with Gasteiger partial charge in [0.25, 0.3) is 0 Å². The average molecular weight is 128 g/mol. The van der Waals surface area contributed by atoms with Gasteiger partial charge in [-0.3, -0.25) is 5.73 Å². The first-order valence-corrected chi connectivity index (χ1v) is 3.54. The predicted molar refractivity (Wildman–Crippen MR) is 36.0 cm³/mol. The minimum Gasteiger partial charge on any atom is -0.390 e. The zero-order chi connectivity index (χ0) is 6.91. The van der Waals surface area contributed by atoms with E-state index in [1.807, 2.05) is 6.92 Å². The zero-order valence-corrected chi connectivity index (χ0v) is 5.85. The third-order valence-corrected chi connectivity index (χ3v) is 2.06. The molecule has 0 heterocycles. The maximum Gasteiger partial charge on any atom is 0.0621 e. The van der Waals surface area contributed by atoms with Gasteiger partial charge in [-0.25, -0.2) is 0 Å². The third-order valence-electron chi connectivity index (χ3n) is 2.06. The summed E-state index contributed by atoms with van der Waals surface area (Å²) >= 11 is 0. The number of aliphatic hydroxyl groups is 1. The largest absolute Gasteiger partial charge is 0.390 e. The molecule has 0 amide bonds. The van der Waals surface area contributed by atoms with Gasteiger partial charge in [0.2, 0.25) is 0 Å². The first-order chi connectivity index (χ1) is 4.10. The molecule has 53 valence electrons. The van der Waals surface area contributed by atoms with Crippen molar-refractivity contribution >= 4 is 0 Å². The van der Waals surface area contributed by atoms with Gasteiger partial charge in [-0.1, -0.05) is 0 Å². The highest BCUT2D eigenvalue weighted by Gasteiger charge is 2.26. The van der Waals surface area contributed by atoms with E-state index in [0.717, 1.165) is 25.7 Å².